The van der Waals surface area contributed by atoms with Gasteiger partial charge in [0.15, 0.2) is 5.82 Å². The highest BCUT2D eigenvalue weighted by Gasteiger charge is 2.29. The zero-order valence-corrected chi connectivity index (χ0v) is 18.5. The van der Waals surface area contributed by atoms with Gasteiger partial charge < -0.3 is 4.90 Å². The van der Waals surface area contributed by atoms with Gasteiger partial charge in [-0.05, 0) is 38.2 Å². The summed E-state index contributed by atoms with van der Waals surface area (Å²) in [6.45, 7) is 3.90. The molecule has 158 valence electrons. The zero-order valence-electron chi connectivity index (χ0n) is 16.9. The molecule has 8 nitrogen and oxygen atoms in total. The van der Waals surface area contributed by atoms with Gasteiger partial charge in [-0.15, -0.1) is 11.3 Å². The van der Waals surface area contributed by atoms with E-state index in [1.54, 1.807) is 41.2 Å². The minimum Gasteiger partial charge on any atom is -0.353 e. The molecular formula is C20H24N6O2S2. The van der Waals surface area contributed by atoms with E-state index in [1.807, 2.05) is 0 Å². The van der Waals surface area contributed by atoms with Crippen molar-refractivity contribution in [3.05, 3.63) is 29.0 Å². The van der Waals surface area contributed by atoms with Gasteiger partial charge in [-0.25, -0.2) is 23.4 Å². The van der Waals surface area contributed by atoms with Crippen molar-refractivity contribution in [1.29, 1.82) is 0 Å². The van der Waals surface area contributed by atoms with Gasteiger partial charge in [0.05, 0.1) is 17.3 Å². The van der Waals surface area contributed by atoms with Gasteiger partial charge in [-0.1, -0.05) is 0 Å². The second-order valence-corrected chi connectivity index (χ2v) is 11.0. The smallest absolute Gasteiger partial charge is 0.213 e. The fraction of sp³-hybridized carbons (Fsp3) is 0.500. The Morgan fingerprint density at radius 2 is 1.87 bits per heavy atom. The molecule has 30 heavy (non-hydrogen) atoms. The minimum absolute atomic E-state index is 0.139. The van der Waals surface area contributed by atoms with E-state index in [0.717, 1.165) is 28.9 Å². The fourth-order valence-corrected chi connectivity index (χ4v) is 6.60. The van der Waals surface area contributed by atoms with Gasteiger partial charge in [-0.3, -0.25) is 4.98 Å². The number of thiophene rings is 1. The first-order valence-electron chi connectivity index (χ1n) is 10.4. The number of nitrogens with zero attached hydrogens (tertiary/aromatic N) is 6. The maximum absolute atomic E-state index is 12.3. The number of rotatable bonds is 4. The normalized spacial score (nSPS) is 18.0. The molecule has 0 unspecified atom stereocenters. The van der Waals surface area contributed by atoms with E-state index in [9.17, 15) is 8.42 Å². The third-order valence-electron chi connectivity index (χ3n) is 5.88. The van der Waals surface area contributed by atoms with Crippen LogP contribution in [0, 0.1) is 0 Å². The first-order chi connectivity index (χ1) is 14.6. The molecule has 0 saturated carbocycles. The Morgan fingerprint density at radius 3 is 2.60 bits per heavy atom. The third kappa shape index (κ3) is 3.46. The summed E-state index contributed by atoms with van der Waals surface area (Å²) in [6.07, 6.45) is 9.53. The van der Waals surface area contributed by atoms with Crippen LogP contribution in [0.25, 0.3) is 21.7 Å². The van der Waals surface area contributed by atoms with E-state index < -0.39 is 10.0 Å². The predicted molar refractivity (Wildman–Crippen MR) is 118 cm³/mol. The maximum Gasteiger partial charge on any atom is 0.213 e. The number of fused-ring (bicyclic) bond motifs is 3. The van der Waals surface area contributed by atoms with Crippen LogP contribution < -0.4 is 4.90 Å². The lowest BCUT2D eigenvalue weighted by Gasteiger charge is -2.35. The first-order valence-corrected chi connectivity index (χ1v) is 12.8. The Morgan fingerprint density at radius 1 is 1.07 bits per heavy atom. The monoisotopic (exact) mass is 444 g/mol. The lowest BCUT2D eigenvalue weighted by atomic mass is 9.97. The number of sulfonamides is 1. The summed E-state index contributed by atoms with van der Waals surface area (Å²) in [6, 6.07) is 0. The number of aromatic nitrogens is 4. The van der Waals surface area contributed by atoms with Crippen molar-refractivity contribution < 1.29 is 8.42 Å². The number of piperazine rings is 1. The Balaban J connectivity index is 1.58. The molecule has 2 aliphatic rings. The van der Waals surface area contributed by atoms with Crippen molar-refractivity contribution in [3.8, 4) is 11.5 Å². The van der Waals surface area contributed by atoms with Crippen LogP contribution in [0.15, 0.2) is 18.6 Å². The van der Waals surface area contributed by atoms with E-state index in [2.05, 4.69) is 14.9 Å². The number of aryl methyl sites for hydroxylation is 2. The molecule has 3 aromatic heterocycles. The summed E-state index contributed by atoms with van der Waals surface area (Å²) in [7, 11) is -3.17. The first kappa shape index (κ1) is 19.8. The molecule has 1 fully saturated rings. The molecule has 1 aliphatic carbocycles. The van der Waals surface area contributed by atoms with Crippen molar-refractivity contribution >= 4 is 37.4 Å². The number of hydrogen-bond acceptors (Lipinski definition) is 8. The summed E-state index contributed by atoms with van der Waals surface area (Å²) in [4.78, 5) is 23.0. The Kier molecular flexibility index (Phi) is 5.16. The van der Waals surface area contributed by atoms with Gasteiger partial charge in [0.25, 0.3) is 0 Å². The quantitative estimate of drug-likeness (QED) is 0.610. The second kappa shape index (κ2) is 7.82. The van der Waals surface area contributed by atoms with Crippen LogP contribution >= 0.6 is 11.3 Å². The van der Waals surface area contributed by atoms with Crippen LogP contribution in [0.4, 0.5) is 5.82 Å². The number of anilines is 1. The average molecular weight is 445 g/mol. The molecule has 0 amide bonds. The van der Waals surface area contributed by atoms with E-state index in [-0.39, 0.29) is 5.75 Å². The molecule has 1 saturated heterocycles. The average Bonchev–Trinajstić information content (AvgIpc) is 3.18. The van der Waals surface area contributed by atoms with Crippen molar-refractivity contribution in [2.45, 2.75) is 32.6 Å². The topological polar surface area (TPSA) is 92.2 Å². The van der Waals surface area contributed by atoms with Crippen LogP contribution in [0.5, 0.6) is 0 Å². The highest BCUT2D eigenvalue weighted by atomic mass is 32.2. The van der Waals surface area contributed by atoms with Crippen LogP contribution in [0.2, 0.25) is 0 Å². The Labute approximate surface area is 180 Å². The molecular weight excluding hydrogens is 420 g/mol. The lowest BCUT2D eigenvalue weighted by molar-refractivity contribution is 0.385. The van der Waals surface area contributed by atoms with Crippen molar-refractivity contribution in [1.82, 2.24) is 24.2 Å². The summed E-state index contributed by atoms with van der Waals surface area (Å²) in [5, 5.41) is 1.15. The number of hydrogen-bond donors (Lipinski definition) is 0. The standard InChI is InChI=1S/C20H24N6O2S2/c1-2-30(27,28)26-11-9-25(10-12-26)19-17-14-5-3-4-6-16(14)29-20(17)24-18(23-19)15-13-21-7-8-22-15/h7-8,13H,2-6,9-12H2,1H3. The molecule has 0 N–H and O–H groups in total. The molecule has 0 aromatic carbocycles. The molecule has 0 bridgehead atoms. The highest BCUT2D eigenvalue weighted by molar-refractivity contribution is 7.89. The molecule has 3 aromatic rings. The van der Waals surface area contributed by atoms with E-state index in [0.29, 0.717) is 37.7 Å². The molecule has 10 heteroatoms. The van der Waals surface area contributed by atoms with E-state index in [4.69, 9.17) is 9.97 Å². The molecule has 0 spiro atoms. The van der Waals surface area contributed by atoms with Gasteiger partial charge in [0.1, 0.15) is 16.3 Å². The highest BCUT2D eigenvalue weighted by Crippen LogP contribution is 2.40. The fourth-order valence-electron chi connectivity index (χ4n) is 4.26. The SMILES string of the molecule is CCS(=O)(=O)N1CCN(c2nc(-c3cnccn3)nc3sc4c(c23)CCCC4)CC1. The van der Waals surface area contributed by atoms with Gasteiger partial charge in [0, 0.05) is 43.4 Å². The Hall–Kier alpha value is -2.17. The molecule has 4 heterocycles. The molecule has 5 rings (SSSR count). The second-order valence-electron chi connectivity index (χ2n) is 7.64. The molecule has 0 radical (unpaired) electrons. The van der Waals surface area contributed by atoms with Crippen LogP contribution in [0.3, 0.4) is 0 Å². The lowest BCUT2D eigenvalue weighted by Crippen LogP contribution is -2.49. The van der Waals surface area contributed by atoms with Gasteiger partial charge >= 0.3 is 0 Å². The summed E-state index contributed by atoms with van der Waals surface area (Å²) >= 11 is 1.76. The third-order valence-corrected chi connectivity index (χ3v) is 8.95. The zero-order chi connectivity index (χ0) is 20.7. The van der Waals surface area contributed by atoms with Crippen molar-refractivity contribution in [3.63, 3.8) is 0 Å². The van der Waals surface area contributed by atoms with Gasteiger partial charge in [-0.2, -0.15) is 4.31 Å². The summed E-state index contributed by atoms with van der Waals surface area (Å²) in [5.41, 5.74) is 2.03. The molecule has 1 aliphatic heterocycles. The van der Waals surface area contributed by atoms with E-state index in [1.165, 1.54) is 23.3 Å². The van der Waals surface area contributed by atoms with Crippen LogP contribution in [-0.2, 0) is 22.9 Å². The largest absolute Gasteiger partial charge is 0.353 e. The van der Waals surface area contributed by atoms with Crippen LogP contribution in [-0.4, -0.2) is 64.6 Å². The maximum atomic E-state index is 12.3. The van der Waals surface area contributed by atoms with Crippen LogP contribution in [0.1, 0.15) is 30.2 Å². The molecule has 0 atom stereocenters. The predicted octanol–water partition coefficient (Wildman–Crippen LogP) is 2.50. The van der Waals surface area contributed by atoms with E-state index >= 15 is 0 Å². The summed E-state index contributed by atoms with van der Waals surface area (Å²) in [5.74, 6) is 1.63. The van der Waals surface area contributed by atoms with Gasteiger partial charge in [0.2, 0.25) is 10.0 Å². The van der Waals surface area contributed by atoms with Crippen molar-refractivity contribution in [2.24, 2.45) is 0 Å². The van der Waals surface area contributed by atoms with Crippen molar-refractivity contribution in [2.75, 3.05) is 36.8 Å². The Bertz CT molecular complexity index is 1170. The minimum atomic E-state index is -3.17. The summed E-state index contributed by atoms with van der Waals surface area (Å²) < 4.78 is 26.1.